The van der Waals surface area contributed by atoms with Crippen molar-refractivity contribution in [1.29, 1.82) is 0 Å². The number of halogens is 2. The highest BCUT2D eigenvalue weighted by molar-refractivity contribution is 5.97. The van der Waals surface area contributed by atoms with Gasteiger partial charge < -0.3 is 14.2 Å². The highest BCUT2D eigenvalue weighted by atomic mass is 19.2. The maximum Gasteiger partial charge on any atom is 0.260 e. The second kappa shape index (κ2) is 5.94. The molecule has 1 aromatic heterocycles. The lowest BCUT2D eigenvalue weighted by Crippen LogP contribution is -2.30. The summed E-state index contributed by atoms with van der Waals surface area (Å²) in [5.41, 5.74) is -0.394. The molecule has 0 unspecified atom stereocenters. The topological polar surface area (TPSA) is 68.5 Å². The summed E-state index contributed by atoms with van der Waals surface area (Å²) in [4.78, 5) is 18.1. The van der Waals surface area contributed by atoms with Crippen molar-refractivity contribution in [3.05, 3.63) is 41.0 Å². The Balaban J connectivity index is 1.84. The Hall–Kier alpha value is -2.51. The second-order valence-electron chi connectivity index (χ2n) is 5.36. The first kappa shape index (κ1) is 15.4. The molecule has 2 aromatic rings. The predicted molar refractivity (Wildman–Crippen MR) is 75.2 cm³/mol. The fraction of sp³-hybridized carbons (Fsp3) is 0.400. The van der Waals surface area contributed by atoms with Crippen molar-refractivity contribution in [3.63, 3.8) is 0 Å². The van der Waals surface area contributed by atoms with Crippen LogP contribution >= 0.6 is 0 Å². The monoisotopic (exact) mass is 323 g/mol. The Morgan fingerprint density at radius 2 is 2.22 bits per heavy atom. The molecule has 3 rings (SSSR count). The molecule has 1 amide bonds. The number of ether oxygens (including phenoxy) is 1. The number of carbonyl (C=O) groups excluding carboxylic acids is 1. The summed E-state index contributed by atoms with van der Waals surface area (Å²) in [7, 11) is 1.30. The number of likely N-dealkylation sites (tertiary alicyclic amines) is 1. The van der Waals surface area contributed by atoms with Crippen molar-refractivity contribution < 1.29 is 22.8 Å². The molecule has 1 atom stereocenters. The Morgan fingerprint density at radius 1 is 1.43 bits per heavy atom. The van der Waals surface area contributed by atoms with Gasteiger partial charge in [0.05, 0.1) is 13.0 Å². The summed E-state index contributed by atoms with van der Waals surface area (Å²) in [6.07, 6.45) is 0.618. The van der Waals surface area contributed by atoms with E-state index in [0.717, 1.165) is 6.07 Å². The van der Waals surface area contributed by atoms with Gasteiger partial charge in [-0.05, 0) is 25.5 Å². The standard InChI is InChI=1S/C15H15F2N3O3/c1-8-18-14(23-19-8)9-5-6-20(7-9)15(21)12-11(22-2)4-3-10(16)13(12)17/h3-4,9H,5-7H2,1-2H3/t9-/m1/s1. The molecule has 1 aliphatic rings. The predicted octanol–water partition coefficient (Wildman–Crippen LogP) is 2.29. The second-order valence-corrected chi connectivity index (χ2v) is 5.36. The lowest BCUT2D eigenvalue weighted by Gasteiger charge is -2.18. The Labute approximate surface area is 131 Å². The molecule has 0 saturated carbocycles. The summed E-state index contributed by atoms with van der Waals surface area (Å²) >= 11 is 0. The quantitative estimate of drug-likeness (QED) is 0.867. The van der Waals surface area contributed by atoms with Crippen LogP contribution in [-0.2, 0) is 0 Å². The van der Waals surface area contributed by atoms with Crippen LogP contribution < -0.4 is 4.74 Å². The van der Waals surface area contributed by atoms with Gasteiger partial charge in [-0.2, -0.15) is 4.98 Å². The number of aryl methyl sites for hydroxylation is 1. The first-order valence-corrected chi connectivity index (χ1v) is 7.12. The minimum absolute atomic E-state index is 0.00554. The van der Waals surface area contributed by atoms with Crippen LogP contribution in [0.25, 0.3) is 0 Å². The van der Waals surface area contributed by atoms with E-state index in [9.17, 15) is 13.6 Å². The minimum atomic E-state index is -1.20. The number of hydrogen-bond acceptors (Lipinski definition) is 5. The molecule has 2 heterocycles. The highest BCUT2D eigenvalue weighted by Crippen LogP contribution is 2.30. The third-order valence-corrected chi connectivity index (χ3v) is 3.86. The number of methoxy groups -OCH3 is 1. The van der Waals surface area contributed by atoms with E-state index in [0.29, 0.717) is 31.2 Å². The van der Waals surface area contributed by atoms with Crippen LogP contribution in [0.3, 0.4) is 0 Å². The van der Waals surface area contributed by atoms with E-state index >= 15 is 0 Å². The molecular weight excluding hydrogens is 308 g/mol. The molecule has 1 fully saturated rings. The van der Waals surface area contributed by atoms with Gasteiger partial charge in [-0.1, -0.05) is 5.16 Å². The third-order valence-electron chi connectivity index (χ3n) is 3.86. The van der Waals surface area contributed by atoms with E-state index in [2.05, 4.69) is 10.1 Å². The van der Waals surface area contributed by atoms with E-state index in [-0.39, 0.29) is 11.7 Å². The number of nitrogens with zero attached hydrogens (tertiary/aromatic N) is 3. The van der Waals surface area contributed by atoms with Crippen molar-refractivity contribution >= 4 is 5.91 Å². The molecule has 0 spiro atoms. The molecular formula is C15H15F2N3O3. The molecule has 0 radical (unpaired) electrons. The normalized spacial score (nSPS) is 17.6. The summed E-state index contributed by atoms with van der Waals surface area (Å²) in [6, 6.07) is 2.17. The molecule has 0 bridgehead atoms. The number of aromatic nitrogens is 2. The summed E-state index contributed by atoms with van der Waals surface area (Å²) in [5, 5.41) is 3.72. The van der Waals surface area contributed by atoms with Crippen LogP contribution in [0.2, 0.25) is 0 Å². The van der Waals surface area contributed by atoms with Gasteiger partial charge in [0.1, 0.15) is 11.3 Å². The van der Waals surface area contributed by atoms with E-state index in [1.54, 1.807) is 6.92 Å². The van der Waals surface area contributed by atoms with Gasteiger partial charge in [-0.3, -0.25) is 4.79 Å². The molecule has 0 aliphatic carbocycles. The zero-order valence-corrected chi connectivity index (χ0v) is 12.7. The largest absolute Gasteiger partial charge is 0.496 e. The van der Waals surface area contributed by atoms with Gasteiger partial charge in [-0.25, -0.2) is 8.78 Å². The summed E-state index contributed by atoms with van der Waals surface area (Å²) in [5.74, 6) is -2.04. The SMILES string of the molecule is COc1ccc(F)c(F)c1C(=O)N1CC[C@@H](c2nc(C)no2)C1. The Morgan fingerprint density at radius 3 is 2.87 bits per heavy atom. The maximum atomic E-state index is 14.0. The smallest absolute Gasteiger partial charge is 0.260 e. The molecule has 1 saturated heterocycles. The van der Waals surface area contributed by atoms with Gasteiger partial charge in [0.25, 0.3) is 5.91 Å². The zero-order chi connectivity index (χ0) is 16.6. The number of benzene rings is 1. The van der Waals surface area contributed by atoms with Crippen LogP contribution in [0.4, 0.5) is 8.78 Å². The van der Waals surface area contributed by atoms with Gasteiger partial charge in [0.15, 0.2) is 17.5 Å². The van der Waals surface area contributed by atoms with E-state index in [1.165, 1.54) is 18.1 Å². The first-order valence-electron chi connectivity index (χ1n) is 7.12. The van der Waals surface area contributed by atoms with Crippen molar-refractivity contribution in [1.82, 2.24) is 15.0 Å². The molecule has 8 heteroatoms. The van der Waals surface area contributed by atoms with Crippen LogP contribution in [0.15, 0.2) is 16.7 Å². The number of amides is 1. The van der Waals surface area contributed by atoms with Crippen molar-refractivity contribution in [3.8, 4) is 5.75 Å². The van der Waals surface area contributed by atoms with Crippen LogP contribution in [-0.4, -0.2) is 41.1 Å². The van der Waals surface area contributed by atoms with E-state index < -0.39 is 23.1 Å². The van der Waals surface area contributed by atoms with Gasteiger partial charge in [0.2, 0.25) is 5.89 Å². The fourth-order valence-electron chi connectivity index (χ4n) is 2.69. The van der Waals surface area contributed by atoms with Gasteiger partial charge in [-0.15, -0.1) is 0 Å². The lowest BCUT2D eigenvalue weighted by atomic mass is 10.1. The third kappa shape index (κ3) is 2.76. The Bertz CT molecular complexity index is 748. The summed E-state index contributed by atoms with van der Waals surface area (Å²) < 4.78 is 37.6. The molecule has 6 nitrogen and oxygen atoms in total. The average molecular weight is 323 g/mol. The van der Waals surface area contributed by atoms with Crippen LogP contribution in [0.5, 0.6) is 5.75 Å². The maximum absolute atomic E-state index is 14.0. The van der Waals surface area contributed by atoms with Crippen molar-refractivity contribution in [2.75, 3.05) is 20.2 Å². The highest BCUT2D eigenvalue weighted by Gasteiger charge is 2.34. The van der Waals surface area contributed by atoms with Gasteiger partial charge in [0, 0.05) is 13.1 Å². The van der Waals surface area contributed by atoms with Crippen LogP contribution in [0.1, 0.15) is 34.4 Å². The number of carbonyl (C=O) groups is 1. The molecule has 23 heavy (non-hydrogen) atoms. The fourth-order valence-corrected chi connectivity index (χ4v) is 2.69. The first-order chi connectivity index (χ1) is 11.0. The lowest BCUT2D eigenvalue weighted by molar-refractivity contribution is 0.0780. The Kier molecular flexibility index (Phi) is 3.97. The minimum Gasteiger partial charge on any atom is -0.496 e. The van der Waals surface area contributed by atoms with Crippen LogP contribution in [0, 0.1) is 18.6 Å². The molecule has 1 aromatic carbocycles. The van der Waals surface area contributed by atoms with E-state index in [4.69, 9.17) is 9.26 Å². The average Bonchev–Trinajstić information content (AvgIpc) is 3.18. The number of hydrogen-bond donors (Lipinski definition) is 0. The zero-order valence-electron chi connectivity index (χ0n) is 12.7. The number of rotatable bonds is 3. The molecule has 0 N–H and O–H groups in total. The van der Waals surface area contributed by atoms with Crippen molar-refractivity contribution in [2.24, 2.45) is 0 Å². The summed E-state index contributed by atoms with van der Waals surface area (Å²) in [6.45, 7) is 2.40. The molecule has 1 aliphatic heterocycles. The van der Waals surface area contributed by atoms with E-state index in [1.807, 2.05) is 0 Å². The van der Waals surface area contributed by atoms with Gasteiger partial charge >= 0.3 is 0 Å². The van der Waals surface area contributed by atoms with Crippen molar-refractivity contribution in [2.45, 2.75) is 19.3 Å². The molecule has 122 valence electrons.